The van der Waals surface area contributed by atoms with Crippen LogP contribution in [0.5, 0.6) is 5.75 Å². The van der Waals surface area contributed by atoms with E-state index in [4.69, 9.17) is 9.57 Å². The molecule has 26 heavy (non-hydrogen) atoms. The van der Waals surface area contributed by atoms with Crippen LogP contribution in [0.2, 0.25) is 0 Å². The fraction of sp³-hybridized carbons (Fsp3) is 0.333. The molecule has 0 heterocycles. The molecule has 0 aromatic heterocycles. The number of aryl methyl sites for hydroxylation is 1. The van der Waals surface area contributed by atoms with Crippen LogP contribution in [0.1, 0.15) is 42.5 Å². The molecule has 2 aromatic carbocycles. The molecule has 136 valence electrons. The van der Waals surface area contributed by atoms with Gasteiger partial charge in [-0.15, -0.1) is 0 Å². The summed E-state index contributed by atoms with van der Waals surface area (Å²) in [6, 6.07) is 15.9. The van der Waals surface area contributed by atoms with Gasteiger partial charge in [-0.2, -0.15) is 0 Å². The molecule has 1 aliphatic carbocycles. The molecule has 2 aromatic rings. The fourth-order valence-electron chi connectivity index (χ4n) is 3.20. The highest BCUT2D eigenvalue weighted by Gasteiger charge is 2.21. The second kappa shape index (κ2) is 9.04. The van der Waals surface area contributed by atoms with Crippen LogP contribution in [0.15, 0.2) is 53.7 Å². The molecular weight excluding hydrogens is 328 g/mol. The third kappa shape index (κ3) is 4.63. The van der Waals surface area contributed by atoms with Crippen molar-refractivity contribution in [2.24, 2.45) is 5.16 Å². The number of nitrogens with zero attached hydrogens (tertiary/aromatic N) is 1. The first-order valence-electron chi connectivity index (χ1n) is 9.02. The van der Waals surface area contributed by atoms with E-state index < -0.39 is 0 Å². The maximum absolute atomic E-state index is 12.2. The van der Waals surface area contributed by atoms with Gasteiger partial charge in [0, 0.05) is 5.56 Å². The molecule has 1 atom stereocenters. The number of hydrogen-bond acceptors (Lipinski definition) is 4. The van der Waals surface area contributed by atoms with E-state index in [0.717, 1.165) is 30.6 Å². The number of fused-ring (bicyclic) bond motifs is 1. The van der Waals surface area contributed by atoms with Crippen LogP contribution >= 0.6 is 0 Å². The first-order chi connectivity index (χ1) is 12.8. The van der Waals surface area contributed by atoms with Crippen molar-refractivity contribution in [2.75, 3.05) is 13.2 Å². The Balaban J connectivity index is 1.51. The highest BCUT2D eigenvalue weighted by Crippen LogP contribution is 2.29. The van der Waals surface area contributed by atoms with E-state index in [1.807, 2.05) is 43.3 Å². The quantitative estimate of drug-likeness (QED) is 0.611. The Labute approximate surface area is 154 Å². The van der Waals surface area contributed by atoms with E-state index in [9.17, 15) is 4.79 Å². The van der Waals surface area contributed by atoms with Crippen molar-refractivity contribution >= 4 is 12.1 Å². The van der Waals surface area contributed by atoms with Crippen LogP contribution in [-0.2, 0) is 16.1 Å². The summed E-state index contributed by atoms with van der Waals surface area (Å²) in [5.74, 6) is 0.576. The van der Waals surface area contributed by atoms with Gasteiger partial charge in [-0.25, -0.2) is 0 Å². The molecule has 0 saturated carbocycles. The van der Waals surface area contributed by atoms with Gasteiger partial charge < -0.3 is 14.9 Å². The molecule has 0 fully saturated rings. The summed E-state index contributed by atoms with van der Waals surface area (Å²) in [7, 11) is 0. The van der Waals surface area contributed by atoms with Crippen molar-refractivity contribution in [2.45, 2.75) is 32.2 Å². The Kier molecular flexibility index (Phi) is 6.25. The van der Waals surface area contributed by atoms with E-state index in [2.05, 4.69) is 22.6 Å². The lowest BCUT2D eigenvalue weighted by Crippen LogP contribution is -2.33. The van der Waals surface area contributed by atoms with Gasteiger partial charge in [-0.1, -0.05) is 41.6 Å². The Morgan fingerprint density at radius 1 is 1.23 bits per heavy atom. The molecular formula is C21H24N2O3. The van der Waals surface area contributed by atoms with Gasteiger partial charge in [0.1, 0.15) is 5.75 Å². The standard InChI is InChI=1S/C21H24N2O3/c1-2-25-20-13-6-4-9-17(20)14-22-26-15-21(24)23-19-12-7-10-16-8-3-5-11-18(16)19/h3-6,8-9,11,13-14,19H,2,7,10,12,15H2,1H3,(H,23,24)/b22-14-/t19-/m1/s1. The van der Waals surface area contributed by atoms with E-state index in [1.165, 1.54) is 11.1 Å². The Morgan fingerprint density at radius 2 is 2.04 bits per heavy atom. The molecule has 0 radical (unpaired) electrons. The van der Waals surface area contributed by atoms with Crippen LogP contribution in [0.3, 0.4) is 0 Å². The predicted molar refractivity (Wildman–Crippen MR) is 101 cm³/mol. The minimum atomic E-state index is -0.165. The molecule has 0 unspecified atom stereocenters. The van der Waals surface area contributed by atoms with Gasteiger partial charge >= 0.3 is 0 Å². The maximum atomic E-state index is 12.2. The van der Waals surface area contributed by atoms with Crippen LogP contribution in [-0.4, -0.2) is 25.3 Å². The average molecular weight is 352 g/mol. The fourth-order valence-corrected chi connectivity index (χ4v) is 3.20. The number of para-hydroxylation sites is 1. The summed E-state index contributed by atoms with van der Waals surface area (Å²) in [5, 5.41) is 6.94. The van der Waals surface area contributed by atoms with Gasteiger partial charge in [0.05, 0.1) is 18.9 Å². The summed E-state index contributed by atoms with van der Waals surface area (Å²) in [6.45, 7) is 2.40. The second-order valence-electron chi connectivity index (χ2n) is 6.19. The summed E-state index contributed by atoms with van der Waals surface area (Å²) >= 11 is 0. The molecule has 5 heteroatoms. The number of hydrogen-bond donors (Lipinski definition) is 1. The first-order valence-corrected chi connectivity index (χ1v) is 9.02. The third-order valence-electron chi connectivity index (χ3n) is 4.39. The second-order valence-corrected chi connectivity index (χ2v) is 6.19. The lowest BCUT2D eigenvalue weighted by Gasteiger charge is -2.26. The van der Waals surface area contributed by atoms with Crippen molar-refractivity contribution in [3.8, 4) is 5.75 Å². The normalized spacial score (nSPS) is 16.1. The molecule has 0 bridgehead atoms. The van der Waals surface area contributed by atoms with Crippen molar-refractivity contribution < 1.29 is 14.4 Å². The van der Waals surface area contributed by atoms with Gasteiger partial charge in [-0.05, 0) is 49.4 Å². The molecule has 1 aliphatic rings. The van der Waals surface area contributed by atoms with Gasteiger partial charge in [0.25, 0.3) is 5.91 Å². The Morgan fingerprint density at radius 3 is 2.92 bits per heavy atom. The van der Waals surface area contributed by atoms with Crippen molar-refractivity contribution in [1.29, 1.82) is 0 Å². The third-order valence-corrected chi connectivity index (χ3v) is 4.39. The topological polar surface area (TPSA) is 59.9 Å². The molecule has 0 saturated heterocycles. The summed E-state index contributed by atoms with van der Waals surface area (Å²) in [6.07, 6.45) is 4.67. The van der Waals surface area contributed by atoms with Crippen molar-refractivity contribution in [1.82, 2.24) is 5.32 Å². The number of rotatable bonds is 7. The van der Waals surface area contributed by atoms with Gasteiger partial charge in [0.15, 0.2) is 6.61 Å². The number of ether oxygens (including phenoxy) is 1. The zero-order valence-corrected chi connectivity index (χ0v) is 15.0. The monoisotopic (exact) mass is 352 g/mol. The van der Waals surface area contributed by atoms with Crippen LogP contribution in [0.4, 0.5) is 0 Å². The Bertz CT molecular complexity index is 773. The van der Waals surface area contributed by atoms with Gasteiger partial charge in [0.2, 0.25) is 0 Å². The largest absolute Gasteiger partial charge is 0.493 e. The van der Waals surface area contributed by atoms with Crippen molar-refractivity contribution in [3.63, 3.8) is 0 Å². The summed E-state index contributed by atoms with van der Waals surface area (Å²) in [5.41, 5.74) is 3.34. The molecule has 1 N–H and O–H groups in total. The average Bonchev–Trinajstić information content (AvgIpc) is 2.67. The number of amides is 1. The first kappa shape index (κ1) is 18.0. The highest BCUT2D eigenvalue weighted by molar-refractivity contribution is 5.83. The summed E-state index contributed by atoms with van der Waals surface area (Å²) in [4.78, 5) is 17.3. The van der Waals surface area contributed by atoms with Crippen LogP contribution in [0.25, 0.3) is 0 Å². The van der Waals surface area contributed by atoms with Crippen molar-refractivity contribution in [3.05, 3.63) is 65.2 Å². The molecule has 1 amide bonds. The van der Waals surface area contributed by atoms with E-state index in [1.54, 1.807) is 6.21 Å². The van der Waals surface area contributed by atoms with E-state index in [-0.39, 0.29) is 18.6 Å². The number of carbonyl (C=O) groups excluding carboxylic acids is 1. The minimum absolute atomic E-state index is 0.0544. The Hall–Kier alpha value is -2.82. The SMILES string of the molecule is CCOc1ccccc1/C=N\OCC(=O)N[C@@H]1CCCc2ccccc21. The lowest BCUT2D eigenvalue weighted by atomic mass is 9.88. The predicted octanol–water partition coefficient (Wildman–Crippen LogP) is 3.63. The van der Waals surface area contributed by atoms with Crippen LogP contribution in [0, 0.1) is 0 Å². The van der Waals surface area contributed by atoms with Gasteiger partial charge in [-0.3, -0.25) is 4.79 Å². The molecule has 5 nitrogen and oxygen atoms in total. The molecule has 0 aliphatic heterocycles. The zero-order valence-electron chi connectivity index (χ0n) is 15.0. The smallest absolute Gasteiger partial charge is 0.261 e. The summed E-state index contributed by atoms with van der Waals surface area (Å²) < 4.78 is 5.52. The minimum Gasteiger partial charge on any atom is -0.493 e. The number of benzene rings is 2. The highest BCUT2D eigenvalue weighted by atomic mass is 16.6. The number of carbonyl (C=O) groups is 1. The lowest BCUT2D eigenvalue weighted by molar-refractivity contribution is -0.126. The number of nitrogens with one attached hydrogen (secondary N) is 1. The van der Waals surface area contributed by atoms with E-state index >= 15 is 0 Å². The van der Waals surface area contributed by atoms with Crippen LogP contribution < -0.4 is 10.1 Å². The number of oxime groups is 1. The zero-order chi connectivity index (χ0) is 18.2. The maximum Gasteiger partial charge on any atom is 0.261 e. The molecule has 0 spiro atoms. The molecule has 3 rings (SSSR count). The van der Waals surface area contributed by atoms with E-state index in [0.29, 0.717) is 6.61 Å².